The van der Waals surface area contributed by atoms with Crippen LogP contribution in [0, 0.1) is 29.9 Å². The van der Waals surface area contributed by atoms with Crippen molar-refractivity contribution in [3.05, 3.63) is 70.3 Å². The maximum absolute atomic E-state index is 13.8. The summed E-state index contributed by atoms with van der Waals surface area (Å²) in [6, 6.07) is 11.2. The molecule has 0 aliphatic carbocycles. The molecule has 0 fully saturated rings. The highest BCUT2D eigenvalue weighted by atomic mass is 19.1. The Hall–Kier alpha value is -2.94. The van der Waals surface area contributed by atoms with Crippen molar-refractivity contribution >= 4 is 5.96 Å². The third kappa shape index (κ3) is 4.53. The van der Waals surface area contributed by atoms with Gasteiger partial charge in [-0.2, -0.15) is 5.26 Å². The van der Waals surface area contributed by atoms with E-state index in [1.54, 1.807) is 32.2 Å². The van der Waals surface area contributed by atoms with Gasteiger partial charge in [-0.05, 0) is 36.2 Å². The van der Waals surface area contributed by atoms with E-state index in [4.69, 9.17) is 5.26 Å². The van der Waals surface area contributed by atoms with Crippen LogP contribution in [-0.4, -0.2) is 13.0 Å². The first-order chi connectivity index (χ1) is 11.5. The fraction of sp³-hybridized carbons (Fsp3) is 0.222. The van der Waals surface area contributed by atoms with Crippen LogP contribution in [-0.2, 0) is 13.1 Å². The van der Waals surface area contributed by atoms with Crippen LogP contribution >= 0.6 is 0 Å². The van der Waals surface area contributed by atoms with Gasteiger partial charge in [0.2, 0.25) is 0 Å². The van der Waals surface area contributed by atoms with Crippen LogP contribution in [0.3, 0.4) is 0 Å². The minimum absolute atomic E-state index is 0.222. The molecule has 2 N–H and O–H groups in total. The highest BCUT2D eigenvalue weighted by Crippen LogP contribution is 2.10. The first-order valence-corrected chi connectivity index (χ1v) is 7.41. The summed E-state index contributed by atoms with van der Waals surface area (Å²) in [6.07, 6.45) is 0. The maximum Gasteiger partial charge on any atom is 0.191 e. The van der Waals surface area contributed by atoms with Crippen molar-refractivity contribution in [1.29, 1.82) is 5.26 Å². The smallest absolute Gasteiger partial charge is 0.191 e. The Balaban J connectivity index is 1.93. The standard InChI is InChI=1S/C18H18F2N4/c1-12-3-4-14(8-16(12)19)10-23-18(22-2)24-11-15-6-5-13(9-21)7-17(15)20/h3-8H,10-11H2,1-2H3,(H2,22,23,24). The van der Waals surface area contributed by atoms with Crippen molar-refractivity contribution in [3.63, 3.8) is 0 Å². The summed E-state index contributed by atoms with van der Waals surface area (Å²) in [5.41, 5.74) is 2.08. The second kappa shape index (κ2) is 8.06. The lowest BCUT2D eigenvalue weighted by atomic mass is 10.1. The van der Waals surface area contributed by atoms with Gasteiger partial charge in [-0.1, -0.05) is 18.2 Å². The highest BCUT2D eigenvalue weighted by Gasteiger charge is 2.06. The quantitative estimate of drug-likeness (QED) is 0.670. The first kappa shape index (κ1) is 17.4. The molecular weight excluding hydrogens is 310 g/mol. The first-order valence-electron chi connectivity index (χ1n) is 7.41. The van der Waals surface area contributed by atoms with Gasteiger partial charge in [0.1, 0.15) is 11.6 Å². The molecular formula is C18H18F2N4. The minimum Gasteiger partial charge on any atom is -0.352 e. The van der Waals surface area contributed by atoms with Gasteiger partial charge < -0.3 is 10.6 Å². The zero-order valence-electron chi connectivity index (χ0n) is 13.5. The molecule has 0 saturated heterocycles. The van der Waals surface area contributed by atoms with Crippen molar-refractivity contribution in [3.8, 4) is 6.07 Å². The van der Waals surface area contributed by atoms with E-state index in [9.17, 15) is 8.78 Å². The Kier molecular flexibility index (Phi) is 5.85. The average Bonchev–Trinajstić information content (AvgIpc) is 2.59. The van der Waals surface area contributed by atoms with Crippen molar-refractivity contribution in [2.45, 2.75) is 20.0 Å². The molecule has 124 valence electrons. The predicted octanol–water partition coefficient (Wildman–Crippen LogP) is 3.01. The molecule has 24 heavy (non-hydrogen) atoms. The summed E-state index contributed by atoms with van der Waals surface area (Å²) in [4.78, 5) is 4.05. The van der Waals surface area contributed by atoms with E-state index < -0.39 is 5.82 Å². The second-order valence-electron chi connectivity index (χ2n) is 5.28. The monoisotopic (exact) mass is 328 g/mol. The lowest BCUT2D eigenvalue weighted by Crippen LogP contribution is -2.36. The molecule has 6 heteroatoms. The number of guanidine groups is 1. The van der Waals surface area contributed by atoms with Gasteiger partial charge in [0, 0.05) is 25.7 Å². The molecule has 0 unspecified atom stereocenters. The molecule has 0 heterocycles. The van der Waals surface area contributed by atoms with Crippen molar-refractivity contribution in [1.82, 2.24) is 10.6 Å². The number of aryl methyl sites for hydroxylation is 1. The van der Waals surface area contributed by atoms with E-state index in [0.29, 0.717) is 23.6 Å². The molecule has 0 aliphatic rings. The Morgan fingerprint density at radius 2 is 1.83 bits per heavy atom. The summed E-state index contributed by atoms with van der Waals surface area (Å²) in [7, 11) is 1.60. The van der Waals surface area contributed by atoms with E-state index in [0.717, 1.165) is 5.56 Å². The lowest BCUT2D eigenvalue weighted by molar-refractivity contribution is 0.603. The third-order valence-corrected chi connectivity index (χ3v) is 3.55. The fourth-order valence-corrected chi connectivity index (χ4v) is 2.09. The topological polar surface area (TPSA) is 60.2 Å². The van der Waals surface area contributed by atoms with E-state index >= 15 is 0 Å². The van der Waals surface area contributed by atoms with Crippen LogP contribution in [0.25, 0.3) is 0 Å². The van der Waals surface area contributed by atoms with Crippen LogP contribution in [0.2, 0.25) is 0 Å². The van der Waals surface area contributed by atoms with E-state index in [1.165, 1.54) is 12.1 Å². The Labute approximate surface area is 139 Å². The summed E-state index contributed by atoms with van der Waals surface area (Å²) in [5.74, 6) is -0.228. The number of aliphatic imine (C=N–C) groups is 1. The lowest BCUT2D eigenvalue weighted by Gasteiger charge is -2.13. The molecule has 2 aromatic rings. The number of halogens is 2. The summed E-state index contributed by atoms with van der Waals surface area (Å²) in [5, 5.41) is 14.8. The maximum atomic E-state index is 13.8. The van der Waals surface area contributed by atoms with Crippen LogP contribution < -0.4 is 10.6 Å². The molecule has 0 bridgehead atoms. The van der Waals surface area contributed by atoms with Gasteiger partial charge in [-0.25, -0.2) is 8.78 Å². The van der Waals surface area contributed by atoms with Gasteiger partial charge in [0.15, 0.2) is 5.96 Å². The number of hydrogen-bond acceptors (Lipinski definition) is 2. The van der Waals surface area contributed by atoms with Gasteiger partial charge in [-0.15, -0.1) is 0 Å². The molecule has 0 atom stereocenters. The molecule has 0 radical (unpaired) electrons. The van der Waals surface area contributed by atoms with Crippen molar-refractivity contribution < 1.29 is 8.78 Å². The van der Waals surface area contributed by atoms with Crippen molar-refractivity contribution in [2.24, 2.45) is 4.99 Å². The number of hydrogen-bond donors (Lipinski definition) is 2. The SMILES string of the molecule is CN=C(NCc1ccc(C)c(F)c1)NCc1ccc(C#N)cc1F. The van der Waals surface area contributed by atoms with Gasteiger partial charge in [0.25, 0.3) is 0 Å². The molecule has 4 nitrogen and oxygen atoms in total. The van der Waals surface area contributed by atoms with Crippen LogP contribution in [0.15, 0.2) is 41.4 Å². The number of nitriles is 1. The minimum atomic E-state index is -0.447. The summed E-state index contributed by atoms with van der Waals surface area (Å²) >= 11 is 0. The zero-order valence-corrected chi connectivity index (χ0v) is 13.5. The Morgan fingerprint density at radius 3 is 2.46 bits per heavy atom. The fourth-order valence-electron chi connectivity index (χ4n) is 2.09. The predicted molar refractivity (Wildman–Crippen MR) is 89.3 cm³/mol. The van der Waals surface area contributed by atoms with E-state index in [1.807, 2.05) is 12.1 Å². The third-order valence-electron chi connectivity index (χ3n) is 3.55. The number of nitrogens with zero attached hydrogens (tertiary/aromatic N) is 2. The van der Waals surface area contributed by atoms with Gasteiger partial charge in [0.05, 0.1) is 11.6 Å². The van der Waals surface area contributed by atoms with Gasteiger partial charge in [-0.3, -0.25) is 4.99 Å². The Morgan fingerprint density at radius 1 is 1.08 bits per heavy atom. The van der Waals surface area contributed by atoms with E-state index in [2.05, 4.69) is 15.6 Å². The molecule has 0 aromatic heterocycles. The van der Waals surface area contributed by atoms with Crippen LogP contribution in [0.5, 0.6) is 0 Å². The molecule has 0 aliphatic heterocycles. The largest absolute Gasteiger partial charge is 0.352 e. The normalized spacial score (nSPS) is 11.0. The summed E-state index contributed by atoms with van der Waals surface area (Å²) in [6.45, 7) is 2.32. The van der Waals surface area contributed by atoms with Crippen LogP contribution in [0.1, 0.15) is 22.3 Å². The van der Waals surface area contributed by atoms with E-state index in [-0.39, 0.29) is 17.9 Å². The van der Waals surface area contributed by atoms with Crippen LogP contribution in [0.4, 0.5) is 8.78 Å². The second-order valence-corrected chi connectivity index (χ2v) is 5.28. The molecule has 0 saturated carbocycles. The number of nitrogens with one attached hydrogen (secondary N) is 2. The summed E-state index contributed by atoms with van der Waals surface area (Å²) < 4.78 is 27.4. The number of benzene rings is 2. The molecule has 2 rings (SSSR count). The van der Waals surface area contributed by atoms with Crippen molar-refractivity contribution in [2.75, 3.05) is 7.05 Å². The molecule has 0 spiro atoms. The molecule has 2 aromatic carbocycles. The Bertz CT molecular complexity index is 794. The molecule has 0 amide bonds. The number of rotatable bonds is 4. The zero-order chi connectivity index (χ0) is 17.5. The average molecular weight is 328 g/mol. The highest BCUT2D eigenvalue weighted by molar-refractivity contribution is 5.79. The van der Waals surface area contributed by atoms with Gasteiger partial charge >= 0.3 is 0 Å².